The Morgan fingerprint density at radius 2 is 2.22 bits per heavy atom. The van der Waals surface area contributed by atoms with Gasteiger partial charge in [0.05, 0.1) is 22.3 Å². The molecule has 1 aromatic carbocycles. The van der Waals surface area contributed by atoms with E-state index in [4.69, 9.17) is 16.1 Å². The number of carbonyl (C=O) groups excluding carboxylic acids is 1. The lowest BCUT2D eigenvalue weighted by Gasteiger charge is -2.33. The fourth-order valence-electron chi connectivity index (χ4n) is 3.49. The number of hydrogen-bond acceptors (Lipinski definition) is 6. The zero-order valence-electron chi connectivity index (χ0n) is 15.0. The van der Waals surface area contributed by atoms with Crippen molar-refractivity contribution in [2.75, 3.05) is 23.3 Å². The van der Waals surface area contributed by atoms with Gasteiger partial charge in [-0.2, -0.15) is 4.98 Å². The largest absolute Gasteiger partial charge is 0.355 e. The second-order valence-electron chi connectivity index (χ2n) is 6.61. The van der Waals surface area contributed by atoms with Gasteiger partial charge < -0.3 is 14.7 Å². The van der Waals surface area contributed by atoms with Gasteiger partial charge in [0.15, 0.2) is 0 Å². The van der Waals surface area contributed by atoms with Crippen molar-refractivity contribution in [3.63, 3.8) is 0 Å². The van der Waals surface area contributed by atoms with E-state index in [1.54, 1.807) is 12.1 Å². The Morgan fingerprint density at radius 3 is 3.04 bits per heavy atom. The van der Waals surface area contributed by atoms with Crippen molar-refractivity contribution in [3.8, 4) is 0 Å². The molecule has 1 amide bonds. The fourth-order valence-corrected chi connectivity index (χ4v) is 3.67. The van der Waals surface area contributed by atoms with Crippen molar-refractivity contribution in [1.29, 1.82) is 0 Å². The minimum atomic E-state index is -0.148. The van der Waals surface area contributed by atoms with Crippen molar-refractivity contribution < 1.29 is 9.32 Å². The van der Waals surface area contributed by atoms with Gasteiger partial charge in [-0.05, 0) is 31.4 Å². The van der Waals surface area contributed by atoms with E-state index < -0.39 is 0 Å². The highest BCUT2D eigenvalue weighted by Crippen LogP contribution is 2.30. The standard InChI is InChI=1S/C19H20ClN5O2/c1-2-14-16-17(21-11-22-19(16)27-24-14)25-9-5-6-12(10-25)18(26)23-15-8-4-3-7-13(15)20/h3-4,7-8,11-12H,2,5-6,9-10H2,1H3,(H,23,26)/t12-/m0/s1. The quantitative estimate of drug-likeness (QED) is 0.737. The highest BCUT2D eigenvalue weighted by atomic mass is 35.5. The minimum Gasteiger partial charge on any atom is -0.355 e. The number of halogens is 1. The fraction of sp³-hybridized carbons (Fsp3) is 0.368. The van der Waals surface area contributed by atoms with Gasteiger partial charge in [0.25, 0.3) is 5.71 Å². The van der Waals surface area contributed by atoms with E-state index in [0.717, 1.165) is 42.7 Å². The van der Waals surface area contributed by atoms with Crippen LogP contribution in [0.5, 0.6) is 0 Å². The molecule has 0 aliphatic carbocycles. The molecule has 1 aliphatic rings. The number of nitrogens with one attached hydrogen (secondary N) is 1. The molecule has 0 saturated carbocycles. The van der Waals surface area contributed by atoms with E-state index in [-0.39, 0.29) is 11.8 Å². The molecule has 8 heteroatoms. The first-order valence-corrected chi connectivity index (χ1v) is 9.44. The molecule has 0 bridgehead atoms. The van der Waals surface area contributed by atoms with Crippen LogP contribution in [0, 0.1) is 5.92 Å². The lowest BCUT2D eigenvalue weighted by Crippen LogP contribution is -2.41. The Kier molecular flexibility index (Phi) is 4.94. The molecule has 0 radical (unpaired) electrons. The van der Waals surface area contributed by atoms with Crippen molar-refractivity contribution in [2.24, 2.45) is 5.92 Å². The number of rotatable bonds is 4. The molecule has 1 N–H and O–H groups in total. The highest BCUT2D eigenvalue weighted by Gasteiger charge is 2.29. The maximum Gasteiger partial charge on any atom is 0.263 e. The smallest absolute Gasteiger partial charge is 0.263 e. The summed E-state index contributed by atoms with van der Waals surface area (Å²) in [5.41, 5.74) is 1.96. The third-order valence-corrected chi connectivity index (χ3v) is 5.21. The van der Waals surface area contributed by atoms with Crippen LogP contribution in [0.25, 0.3) is 11.1 Å². The molecule has 4 rings (SSSR count). The maximum atomic E-state index is 12.8. The van der Waals surface area contributed by atoms with E-state index in [9.17, 15) is 4.79 Å². The van der Waals surface area contributed by atoms with Crippen LogP contribution in [0.2, 0.25) is 5.02 Å². The maximum absolute atomic E-state index is 12.8. The Labute approximate surface area is 161 Å². The van der Waals surface area contributed by atoms with Crippen LogP contribution in [-0.4, -0.2) is 34.1 Å². The summed E-state index contributed by atoms with van der Waals surface area (Å²) < 4.78 is 5.32. The summed E-state index contributed by atoms with van der Waals surface area (Å²) in [6.45, 7) is 3.43. The molecule has 1 fully saturated rings. The number of benzene rings is 1. The number of hydrogen-bond donors (Lipinski definition) is 1. The molecular weight excluding hydrogens is 366 g/mol. The Balaban J connectivity index is 1.56. The Hall–Kier alpha value is -2.67. The van der Waals surface area contributed by atoms with Crippen LogP contribution in [-0.2, 0) is 11.2 Å². The van der Waals surface area contributed by atoms with Gasteiger partial charge in [-0.25, -0.2) is 4.98 Å². The van der Waals surface area contributed by atoms with Crippen molar-refractivity contribution in [1.82, 2.24) is 15.1 Å². The van der Waals surface area contributed by atoms with Crippen LogP contribution in [0.1, 0.15) is 25.5 Å². The highest BCUT2D eigenvalue weighted by molar-refractivity contribution is 6.33. The van der Waals surface area contributed by atoms with Crippen LogP contribution in [0.4, 0.5) is 11.5 Å². The summed E-state index contributed by atoms with van der Waals surface area (Å²) in [4.78, 5) is 23.5. The van der Waals surface area contributed by atoms with Gasteiger partial charge in [0.2, 0.25) is 5.91 Å². The van der Waals surface area contributed by atoms with E-state index in [2.05, 4.69) is 25.3 Å². The van der Waals surface area contributed by atoms with Gasteiger partial charge >= 0.3 is 0 Å². The topological polar surface area (TPSA) is 84.2 Å². The number of anilines is 2. The first-order chi connectivity index (χ1) is 13.2. The molecule has 0 spiro atoms. The van der Waals surface area contributed by atoms with E-state index >= 15 is 0 Å². The average Bonchev–Trinajstić information content (AvgIpc) is 3.13. The molecule has 1 saturated heterocycles. The van der Waals surface area contributed by atoms with Crippen molar-refractivity contribution in [2.45, 2.75) is 26.2 Å². The molecule has 27 heavy (non-hydrogen) atoms. The third-order valence-electron chi connectivity index (χ3n) is 4.88. The third kappa shape index (κ3) is 3.47. The van der Waals surface area contributed by atoms with Gasteiger partial charge in [-0.3, -0.25) is 4.79 Å². The van der Waals surface area contributed by atoms with Gasteiger partial charge in [0.1, 0.15) is 17.5 Å². The molecule has 2 aromatic heterocycles. The first kappa shape index (κ1) is 17.7. The zero-order valence-corrected chi connectivity index (χ0v) is 15.7. The molecule has 140 valence electrons. The number of para-hydroxylation sites is 1. The summed E-state index contributed by atoms with van der Waals surface area (Å²) in [6, 6.07) is 7.26. The lowest BCUT2D eigenvalue weighted by atomic mass is 9.96. The summed E-state index contributed by atoms with van der Waals surface area (Å²) in [5, 5.41) is 8.41. The summed E-state index contributed by atoms with van der Waals surface area (Å²) in [5.74, 6) is 0.609. The normalized spacial score (nSPS) is 17.3. The van der Waals surface area contributed by atoms with E-state index in [1.807, 2.05) is 19.1 Å². The van der Waals surface area contributed by atoms with Crippen LogP contribution < -0.4 is 10.2 Å². The van der Waals surface area contributed by atoms with Crippen LogP contribution >= 0.6 is 11.6 Å². The predicted molar refractivity (Wildman–Crippen MR) is 104 cm³/mol. The number of fused-ring (bicyclic) bond motifs is 1. The van der Waals surface area contributed by atoms with Crippen molar-refractivity contribution in [3.05, 3.63) is 41.3 Å². The number of aryl methyl sites for hydroxylation is 1. The number of nitrogens with zero attached hydrogens (tertiary/aromatic N) is 4. The molecule has 1 aliphatic heterocycles. The minimum absolute atomic E-state index is 0.0286. The summed E-state index contributed by atoms with van der Waals surface area (Å²) in [7, 11) is 0. The number of amides is 1. The second kappa shape index (κ2) is 7.52. The van der Waals surface area contributed by atoms with Crippen LogP contribution in [0.15, 0.2) is 35.1 Å². The number of carbonyl (C=O) groups is 1. The SMILES string of the molecule is CCc1noc2ncnc(N3CCC[C@H](C(=O)Nc4ccccc4Cl)C3)c12. The Morgan fingerprint density at radius 1 is 1.37 bits per heavy atom. The first-order valence-electron chi connectivity index (χ1n) is 9.07. The van der Waals surface area contributed by atoms with E-state index in [0.29, 0.717) is 23.0 Å². The zero-order chi connectivity index (χ0) is 18.8. The lowest BCUT2D eigenvalue weighted by molar-refractivity contribution is -0.120. The van der Waals surface area contributed by atoms with Gasteiger partial charge in [-0.15, -0.1) is 0 Å². The number of piperidine rings is 1. The second-order valence-corrected chi connectivity index (χ2v) is 7.02. The molecule has 3 aromatic rings. The van der Waals surface area contributed by atoms with E-state index in [1.165, 1.54) is 6.33 Å². The monoisotopic (exact) mass is 385 g/mol. The molecule has 7 nitrogen and oxygen atoms in total. The predicted octanol–water partition coefficient (Wildman–Crippen LogP) is 3.69. The number of aromatic nitrogens is 3. The molecular formula is C19H20ClN5O2. The van der Waals surface area contributed by atoms with Gasteiger partial charge in [0, 0.05) is 13.1 Å². The molecule has 1 atom stereocenters. The molecule has 0 unspecified atom stereocenters. The van der Waals surface area contributed by atoms with Crippen molar-refractivity contribution >= 4 is 40.1 Å². The summed E-state index contributed by atoms with van der Waals surface area (Å²) in [6.07, 6.45) is 3.94. The Bertz CT molecular complexity index is 974. The van der Waals surface area contributed by atoms with Gasteiger partial charge in [-0.1, -0.05) is 35.8 Å². The van der Waals surface area contributed by atoms with Crippen LogP contribution in [0.3, 0.4) is 0 Å². The average molecular weight is 386 g/mol. The summed E-state index contributed by atoms with van der Waals surface area (Å²) >= 11 is 6.16. The molecule has 3 heterocycles.